The predicted octanol–water partition coefficient (Wildman–Crippen LogP) is 9.27. The van der Waals surface area contributed by atoms with Crippen LogP contribution in [0.4, 0.5) is 4.39 Å². The van der Waals surface area contributed by atoms with Gasteiger partial charge in [-0.05, 0) is 97.7 Å². The van der Waals surface area contributed by atoms with Gasteiger partial charge in [-0.2, -0.15) is 0 Å². The Kier molecular flexibility index (Phi) is 10.2. The minimum absolute atomic E-state index is 0.237. The maximum absolute atomic E-state index is 15.2. The molecular weight excluding hydrogens is 463 g/mol. The molecule has 2 aliphatic rings. The van der Waals surface area contributed by atoms with Crippen molar-refractivity contribution in [3.8, 4) is 11.5 Å². The van der Waals surface area contributed by atoms with Gasteiger partial charge in [0, 0.05) is 0 Å². The van der Waals surface area contributed by atoms with Gasteiger partial charge < -0.3 is 9.47 Å². The van der Waals surface area contributed by atoms with Crippen LogP contribution in [0, 0.1) is 23.6 Å². The minimum Gasteiger partial charge on any atom is -0.490 e. The Morgan fingerprint density at radius 3 is 2.43 bits per heavy atom. The second-order valence-electron chi connectivity index (χ2n) is 11.1. The molecule has 0 heterocycles. The van der Waals surface area contributed by atoms with Gasteiger partial charge in [0.25, 0.3) is 0 Å². The number of unbranched alkanes of at least 4 members (excludes halogenated alkanes) is 4. The number of carbonyl (C=O) groups excluding carboxylic acids is 1. The molecule has 0 aliphatic heterocycles. The summed E-state index contributed by atoms with van der Waals surface area (Å²) in [4.78, 5) is 12.6. The lowest BCUT2D eigenvalue weighted by Gasteiger charge is -2.42. The van der Waals surface area contributed by atoms with Crippen LogP contribution in [0.5, 0.6) is 11.5 Å². The topological polar surface area (TPSA) is 35.5 Å². The summed E-state index contributed by atoms with van der Waals surface area (Å²) in [6.45, 7) is 6.30. The van der Waals surface area contributed by atoms with E-state index < -0.39 is 5.97 Å². The largest absolute Gasteiger partial charge is 0.490 e. The molecule has 2 aromatic rings. The standard InChI is InChI=1S/C33H43FO3/c1-3-5-6-7-8-9-24-10-11-26-22-27(13-12-25(26)21-24)31-19-14-28(23-32(31)34)33(35)37-30-17-15-29(16-18-30)36-20-4-2/h4,14-19,23-27H,2-3,5-13,20-22H2,1H3. The molecule has 2 saturated carbocycles. The van der Waals surface area contributed by atoms with Crippen LogP contribution in [0.2, 0.25) is 0 Å². The first-order valence-corrected chi connectivity index (χ1v) is 14.4. The van der Waals surface area contributed by atoms with E-state index in [1.165, 1.54) is 70.3 Å². The predicted molar refractivity (Wildman–Crippen MR) is 148 cm³/mol. The fraction of sp³-hybridized carbons (Fsp3) is 0.545. The number of hydrogen-bond donors (Lipinski definition) is 0. The molecule has 37 heavy (non-hydrogen) atoms. The summed E-state index contributed by atoms with van der Waals surface area (Å²) in [5.41, 5.74) is 0.998. The molecule has 0 saturated heterocycles. The van der Waals surface area contributed by atoms with Crippen molar-refractivity contribution >= 4 is 5.97 Å². The van der Waals surface area contributed by atoms with Crippen molar-refractivity contribution in [2.75, 3.05) is 6.61 Å². The third-order valence-electron chi connectivity index (χ3n) is 8.52. The lowest BCUT2D eigenvalue weighted by atomic mass is 9.63. The van der Waals surface area contributed by atoms with Crippen LogP contribution < -0.4 is 9.47 Å². The van der Waals surface area contributed by atoms with Crippen molar-refractivity contribution in [1.29, 1.82) is 0 Å². The quantitative estimate of drug-likeness (QED) is 0.124. The van der Waals surface area contributed by atoms with Gasteiger partial charge in [-0.1, -0.05) is 70.6 Å². The first kappa shape index (κ1) is 27.4. The fourth-order valence-corrected chi connectivity index (χ4v) is 6.48. The van der Waals surface area contributed by atoms with E-state index in [4.69, 9.17) is 9.47 Å². The normalized spacial score (nSPS) is 23.2. The molecule has 3 nitrogen and oxygen atoms in total. The number of ether oxygens (including phenoxy) is 2. The number of esters is 1. The van der Waals surface area contributed by atoms with Crippen molar-refractivity contribution in [1.82, 2.24) is 0 Å². The first-order valence-electron chi connectivity index (χ1n) is 14.4. The highest BCUT2D eigenvalue weighted by Crippen LogP contribution is 2.48. The summed E-state index contributed by atoms with van der Waals surface area (Å²) >= 11 is 0. The molecule has 2 aromatic carbocycles. The van der Waals surface area contributed by atoms with Crippen LogP contribution in [-0.2, 0) is 0 Å². The number of benzene rings is 2. The lowest BCUT2D eigenvalue weighted by Crippen LogP contribution is -2.30. The molecule has 0 radical (unpaired) electrons. The van der Waals surface area contributed by atoms with Crippen LogP contribution >= 0.6 is 0 Å². The van der Waals surface area contributed by atoms with E-state index in [9.17, 15) is 4.79 Å². The van der Waals surface area contributed by atoms with Crippen molar-refractivity contribution < 1.29 is 18.7 Å². The molecule has 4 rings (SSSR count). The summed E-state index contributed by atoms with van der Waals surface area (Å²) in [5.74, 6) is 2.91. The molecule has 200 valence electrons. The molecule has 0 aromatic heterocycles. The highest BCUT2D eigenvalue weighted by molar-refractivity contribution is 5.91. The third-order valence-corrected chi connectivity index (χ3v) is 8.52. The Morgan fingerprint density at radius 2 is 1.68 bits per heavy atom. The van der Waals surface area contributed by atoms with Gasteiger partial charge >= 0.3 is 5.97 Å². The second-order valence-corrected chi connectivity index (χ2v) is 11.1. The zero-order chi connectivity index (χ0) is 26.0. The Balaban J connectivity index is 1.28. The number of fused-ring (bicyclic) bond motifs is 1. The molecular formula is C33H43FO3. The molecule has 4 heteroatoms. The number of hydrogen-bond acceptors (Lipinski definition) is 3. The fourth-order valence-electron chi connectivity index (χ4n) is 6.48. The molecule has 2 aliphatic carbocycles. The summed E-state index contributed by atoms with van der Waals surface area (Å²) in [5, 5.41) is 0. The van der Waals surface area contributed by atoms with E-state index in [1.807, 2.05) is 6.07 Å². The minimum atomic E-state index is -0.554. The average molecular weight is 507 g/mol. The highest BCUT2D eigenvalue weighted by Gasteiger charge is 2.36. The summed E-state index contributed by atoms with van der Waals surface area (Å²) in [6.07, 6.45) is 17.3. The Bertz CT molecular complexity index is 1010. The van der Waals surface area contributed by atoms with Gasteiger partial charge in [-0.3, -0.25) is 0 Å². The number of carbonyl (C=O) groups is 1. The van der Waals surface area contributed by atoms with E-state index in [-0.39, 0.29) is 17.3 Å². The Morgan fingerprint density at radius 1 is 0.946 bits per heavy atom. The first-order chi connectivity index (χ1) is 18.1. The van der Waals surface area contributed by atoms with Gasteiger partial charge in [-0.25, -0.2) is 9.18 Å². The number of rotatable bonds is 12. The Hall–Kier alpha value is -2.62. The summed E-state index contributed by atoms with van der Waals surface area (Å²) in [6, 6.07) is 11.7. The van der Waals surface area contributed by atoms with Crippen LogP contribution in [0.25, 0.3) is 0 Å². The van der Waals surface area contributed by atoms with E-state index in [0.29, 0.717) is 18.1 Å². The van der Waals surface area contributed by atoms with E-state index >= 15 is 4.39 Å². The smallest absolute Gasteiger partial charge is 0.343 e. The zero-order valence-corrected chi connectivity index (χ0v) is 22.4. The highest BCUT2D eigenvalue weighted by atomic mass is 19.1. The van der Waals surface area contributed by atoms with Gasteiger partial charge in [-0.15, -0.1) is 0 Å². The van der Waals surface area contributed by atoms with Gasteiger partial charge in [0.05, 0.1) is 5.56 Å². The zero-order valence-electron chi connectivity index (χ0n) is 22.4. The van der Waals surface area contributed by atoms with Gasteiger partial charge in [0.1, 0.15) is 23.9 Å². The van der Waals surface area contributed by atoms with Crippen molar-refractivity contribution in [3.63, 3.8) is 0 Å². The maximum atomic E-state index is 15.2. The van der Waals surface area contributed by atoms with Crippen LogP contribution in [0.15, 0.2) is 55.1 Å². The van der Waals surface area contributed by atoms with Gasteiger partial charge in [0.15, 0.2) is 0 Å². The molecule has 2 fully saturated rings. The van der Waals surface area contributed by atoms with Crippen LogP contribution in [0.1, 0.15) is 106 Å². The molecule has 4 unspecified atom stereocenters. The lowest BCUT2D eigenvalue weighted by molar-refractivity contribution is 0.0734. The maximum Gasteiger partial charge on any atom is 0.343 e. The van der Waals surface area contributed by atoms with Crippen molar-refractivity contribution in [2.45, 2.75) is 89.9 Å². The van der Waals surface area contributed by atoms with Crippen LogP contribution in [-0.4, -0.2) is 12.6 Å². The second kappa shape index (κ2) is 13.8. The van der Waals surface area contributed by atoms with Crippen LogP contribution in [0.3, 0.4) is 0 Å². The van der Waals surface area contributed by atoms with E-state index in [2.05, 4.69) is 13.5 Å². The SMILES string of the molecule is C=CCOc1ccc(OC(=O)c2ccc(C3CCC4CC(CCCCCCC)CCC4C3)c(F)c2)cc1. The molecule has 0 bridgehead atoms. The Labute approximate surface area is 222 Å². The number of halogens is 1. The average Bonchev–Trinajstić information content (AvgIpc) is 2.92. The van der Waals surface area contributed by atoms with E-state index in [0.717, 1.165) is 36.2 Å². The van der Waals surface area contributed by atoms with Crippen molar-refractivity contribution in [2.24, 2.45) is 17.8 Å². The molecule has 4 atom stereocenters. The molecule has 0 spiro atoms. The van der Waals surface area contributed by atoms with Gasteiger partial charge in [0.2, 0.25) is 0 Å². The molecule has 0 N–H and O–H groups in total. The summed E-state index contributed by atoms with van der Waals surface area (Å²) < 4.78 is 26.1. The van der Waals surface area contributed by atoms with E-state index in [1.54, 1.807) is 36.4 Å². The molecule has 0 amide bonds. The third kappa shape index (κ3) is 7.69. The van der Waals surface area contributed by atoms with Crippen molar-refractivity contribution in [3.05, 3.63) is 72.1 Å². The summed E-state index contributed by atoms with van der Waals surface area (Å²) in [7, 11) is 0. The monoisotopic (exact) mass is 506 g/mol.